The maximum absolute atomic E-state index is 10.6. The number of aliphatic hydroxyl groups is 1. The molecule has 0 aromatic rings. The Kier molecular flexibility index (Phi) is 1.06. The van der Waals surface area contributed by atoms with Gasteiger partial charge in [0.05, 0.1) is 6.10 Å². The number of nitrogens with two attached hydrogens (primary N) is 1. The highest BCUT2D eigenvalue weighted by molar-refractivity contribution is 5.80. The van der Waals surface area contributed by atoms with E-state index in [9.17, 15) is 4.79 Å². The summed E-state index contributed by atoms with van der Waals surface area (Å²) in [5.41, 5.74) is 5.11. The maximum atomic E-state index is 10.6. The molecule has 2 aliphatic carbocycles. The summed E-state index contributed by atoms with van der Waals surface area (Å²) in [7, 11) is 0. The Balaban J connectivity index is 1.98. The van der Waals surface area contributed by atoms with E-state index in [-0.39, 0.29) is 17.9 Å². The Hall–Kier alpha value is -0.570. The van der Waals surface area contributed by atoms with Crippen LogP contribution in [0, 0.1) is 17.8 Å². The zero-order valence-corrected chi connectivity index (χ0v) is 5.66. The fourth-order valence-electron chi connectivity index (χ4n) is 2.23. The number of rotatable bonds is 1. The molecule has 3 N–H and O–H groups in total. The van der Waals surface area contributed by atoms with Gasteiger partial charge < -0.3 is 10.8 Å². The third-order valence-corrected chi connectivity index (χ3v) is 2.75. The van der Waals surface area contributed by atoms with Crippen molar-refractivity contribution in [2.24, 2.45) is 23.5 Å². The number of aliphatic hydroxyl groups excluding tert-OH is 1. The summed E-state index contributed by atoms with van der Waals surface area (Å²) in [5, 5.41) is 9.08. The van der Waals surface area contributed by atoms with E-state index in [1.807, 2.05) is 0 Å². The van der Waals surface area contributed by atoms with Crippen molar-refractivity contribution < 1.29 is 9.90 Å². The van der Waals surface area contributed by atoms with Crippen molar-refractivity contribution in [2.45, 2.75) is 18.9 Å². The largest absolute Gasteiger partial charge is 0.393 e. The van der Waals surface area contributed by atoms with E-state index >= 15 is 0 Å². The summed E-state index contributed by atoms with van der Waals surface area (Å²) in [5.74, 6) is 0.769. The van der Waals surface area contributed by atoms with Gasteiger partial charge in [0.15, 0.2) is 0 Å². The lowest BCUT2D eigenvalue weighted by Crippen LogP contribution is -2.18. The van der Waals surface area contributed by atoms with Crippen molar-refractivity contribution in [1.82, 2.24) is 0 Å². The van der Waals surface area contributed by atoms with Gasteiger partial charge in [0, 0.05) is 5.92 Å². The van der Waals surface area contributed by atoms with E-state index < -0.39 is 0 Å². The van der Waals surface area contributed by atoms with E-state index in [4.69, 9.17) is 10.8 Å². The SMILES string of the molecule is NC(=O)C1C2CC(O)CC21. The molecule has 0 radical (unpaired) electrons. The van der Waals surface area contributed by atoms with Crippen LogP contribution >= 0.6 is 0 Å². The van der Waals surface area contributed by atoms with Gasteiger partial charge in [0.25, 0.3) is 0 Å². The molecule has 2 unspecified atom stereocenters. The summed E-state index contributed by atoms with van der Waals surface area (Å²) < 4.78 is 0. The summed E-state index contributed by atoms with van der Waals surface area (Å²) in [4.78, 5) is 10.6. The van der Waals surface area contributed by atoms with Crippen LogP contribution in [0.2, 0.25) is 0 Å². The Morgan fingerprint density at radius 2 is 1.90 bits per heavy atom. The molecule has 3 heteroatoms. The van der Waals surface area contributed by atoms with Gasteiger partial charge in [-0.1, -0.05) is 0 Å². The van der Waals surface area contributed by atoms with E-state index in [2.05, 4.69) is 0 Å². The smallest absolute Gasteiger partial charge is 0.221 e. The molecule has 0 spiro atoms. The summed E-state index contributed by atoms with van der Waals surface area (Å²) in [6.45, 7) is 0. The third-order valence-electron chi connectivity index (χ3n) is 2.75. The molecule has 2 fully saturated rings. The lowest BCUT2D eigenvalue weighted by atomic mass is 10.1. The van der Waals surface area contributed by atoms with Crippen molar-refractivity contribution in [3.8, 4) is 0 Å². The van der Waals surface area contributed by atoms with Crippen molar-refractivity contribution in [3.63, 3.8) is 0 Å². The predicted molar refractivity (Wildman–Crippen MR) is 34.9 cm³/mol. The van der Waals surface area contributed by atoms with Crippen LogP contribution in [0.25, 0.3) is 0 Å². The molecule has 1 amide bonds. The first-order valence-electron chi connectivity index (χ1n) is 3.67. The second kappa shape index (κ2) is 1.72. The Morgan fingerprint density at radius 3 is 2.30 bits per heavy atom. The molecule has 10 heavy (non-hydrogen) atoms. The molecule has 0 aliphatic heterocycles. The van der Waals surface area contributed by atoms with Crippen molar-refractivity contribution in [1.29, 1.82) is 0 Å². The minimum absolute atomic E-state index is 0.100. The van der Waals surface area contributed by atoms with E-state index in [0.29, 0.717) is 11.8 Å². The standard InChI is InChI=1S/C7H11NO2/c8-7(10)6-4-1-3(9)2-5(4)6/h3-6,9H,1-2H2,(H2,8,10). The third kappa shape index (κ3) is 0.669. The van der Waals surface area contributed by atoms with Crippen molar-refractivity contribution in [2.75, 3.05) is 0 Å². The molecule has 56 valence electrons. The van der Waals surface area contributed by atoms with Gasteiger partial charge in [-0.2, -0.15) is 0 Å². The monoisotopic (exact) mass is 141 g/mol. The Morgan fingerprint density at radius 1 is 1.40 bits per heavy atom. The highest BCUT2D eigenvalue weighted by Crippen LogP contribution is 2.57. The quantitative estimate of drug-likeness (QED) is 0.516. The average molecular weight is 141 g/mol. The predicted octanol–water partition coefficient (Wildman–Crippen LogP) is -0.511. The van der Waals surface area contributed by atoms with Crippen LogP contribution in [0.5, 0.6) is 0 Å². The first-order valence-corrected chi connectivity index (χ1v) is 3.67. The number of carbonyl (C=O) groups excluding carboxylic acids is 1. The van der Waals surface area contributed by atoms with Gasteiger partial charge >= 0.3 is 0 Å². The number of carbonyl (C=O) groups is 1. The first-order chi connectivity index (χ1) is 4.70. The van der Waals surface area contributed by atoms with Gasteiger partial charge in [-0.25, -0.2) is 0 Å². The van der Waals surface area contributed by atoms with Crippen molar-refractivity contribution in [3.05, 3.63) is 0 Å². The normalized spacial score (nSPS) is 50.5. The van der Waals surface area contributed by atoms with Crippen LogP contribution < -0.4 is 5.73 Å². The van der Waals surface area contributed by atoms with Crippen molar-refractivity contribution >= 4 is 5.91 Å². The molecule has 2 atom stereocenters. The van der Waals surface area contributed by atoms with E-state index in [0.717, 1.165) is 12.8 Å². The Labute approximate surface area is 59.2 Å². The van der Waals surface area contributed by atoms with E-state index in [1.54, 1.807) is 0 Å². The molecule has 0 saturated heterocycles. The average Bonchev–Trinajstić information content (AvgIpc) is 2.32. The molecule has 0 aromatic carbocycles. The van der Waals surface area contributed by atoms with Crippen LogP contribution in [-0.2, 0) is 4.79 Å². The van der Waals surface area contributed by atoms with Crippen LogP contribution in [0.15, 0.2) is 0 Å². The van der Waals surface area contributed by atoms with Gasteiger partial charge in [-0.3, -0.25) is 4.79 Å². The molecular weight excluding hydrogens is 130 g/mol. The molecule has 2 rings (SSSR count). The second-order valence-electron chi connectivity index (χ2n) is 3.38. The zero-order chi connectivity index (χ0) is 7.30. The number of hydrogen-bond donors (Lipinski definition) is 2. The number of amides is 1. The van der Waals surface area contributed by atoms with Gasteiger partial charge in [0.1, 0.15) is 0 Å². The fourth-order valence-corrected chi connectivity index (χ4v) is 2.23. The molecule has 0 heterocycles. The van der Waals surface area contributed by atoms with Crippen LogP contribution in [-0.4, -0.2) is 17.1 Å². The molecule has 0 aromatic heterocycles. The number of hydrogen-bond acceptors (Lipinski definition) is 2. The number of primary amides is 1. The topological polar surface area (TPSA) is 63.3 Å². The number of fused-ring (bicyclic) bond motifs is 1. The summed E-state index contributed by atoms with van der Waals surface area (Å²) in [6, 6.07) is 0. The molecule has 3 nitrogen and oxygen atoms in total. The van der Waals surface area contributed by atoms with Gasteiger partial charge in [-0.15, -0.1) is 0 Å². The highest BCUT2D eigenvalue weighted by atomic mass is 16.3. The maximum Gasteiger partial charge on any atom is 0.221 e. The second-order valence-corrected chi connectivity index (χ2v) is 3.38. The van der Waals surface area contributed by atoms with Crippen LogP contribution in [0.3, 0.4) is 0 Å². The minimum Gasteiger partial charge on any atom is -0.393 e. The Bertz CT molecular complexity index is 168. The molecule has 2 aliphatic rings. The molecule has 0 bridgehead atoms. The fraction of sp³-hybridized carbons (Fsp3) is 0.857. The van der Waals surface area contributed by atoms with Crippen LogP contribution in [0.1, 0.15) is 12.8 Å². The van der Waals surface area contributed by atoms with Gasteiger partial charge in [0.2, 0.25) is 5.91 Å². The van der Waals surface area contributed by atoms with E-state index in [1.165, 1.54) is 0 Å². The summed E-state index contributed by atoms with van der Waals surface area (Å²) in [6.07, 6.45) is 1.42. The first kappa shape index (κ1) is 6.16. The molecular formula is C7H11NO2. The van der Waals surface area contributed by atoms with Crippen LogP contribution in [0.4, 0.5) is 0 Å². The lowest BCUT2D eigenvalue weighted by Gasteiger charge is -2.03. The summed E-state index contributed by atoms with van der Waals surface area (Å²) >= 11 is 0. The molecule has 2 saturated carbocycles. The zero-order valence-electron chi connectivity index (χ0n) is 5.66. The minimum atomic E-state index is -0.179. The highest BCUT2D eigenvalue weighted by Gasteiger charge is 2.58. The lowest BCUT2D eigenvalue weighted by molar-refractivity contribution is -0.120. The van der Waals surface area contributed by atoms with Gasteiger partial charge in [-0.05, 0) is 24.7 Å².